The maximum Gasteiger partial charge on any atom is 0.239 e. The van der Waals surface area contributed by atoms with Crippen LogP contribution in [0.5, 0.6) is 5.75 Å². The van der Waals surface area contributed by atoms with Crippen molar-refractivity contribution < 1.29 is 19.0 Å². The van der Waals surface area contributed by atoms with E-state index in [0.717, 1.165) is 0 Å². The van der Waals surface area contributed by atoms with E-state index in [4.69, 9.17) is 4.74 Å². The first kappa shape index (κ1) is 16.7. The van der Waals surface area contributed by atoms with Gasteiger partial charge in [-0.2, -0.15) is 0 Å². The molecule has 0 radical (unpaired) electrons. The average molecular weight is 320 g/mol. The van der Waals surface area contributed by atoms with Crippen LogP contribution >= 0.6 is 0 Å². The molecule has 0 aliphatic rings. The molecule has 0 atom stereocenters. The predicted molar refractivity (Wildman–Crippen MR) is 81.4 cm³/mol. The maximum atomic E-state index is 13.6. The fraction of sp³-hybridized carbons (Fsp3) is 0.250. The Labute approximate surface area is 132 Å². The van der Waals surface area contributed by atoms with Gasteiger partial charge in [-0.3, -0.25) is 9.59 Å². The summed E-state index contributed by atoms with van der Waals surface area (Å²) in [7, 11) is 1.49. The predicted octanol–water partition coefficient (Wildman–Crippen LogP) is 0.805. The van der Waals surface area contributed by atoms with Crippen molar-refractivity contribution in [2.24, 2.45) is 0 Å². The van der Waals surface area contributed by atoms with Gasteiger partial charge in [0.15, 0.2) is 5.75 Å². The second-order valence-electron chi connectivity index (χ2n) is 4.83. The average Bonchev–Trinajstić information content (AvgIpc) is 2.55. The van der Waals surface area contributed by atoms with Gasteiger partial charge in [-0.1, -0.05) is 18.2 Å². The molecule has 0 saturated carbocycles. The van der Waals surface area contributed by atoms with E-state index >= 15 is 0 Å². The summed E-state index contributed by atoms with van der Waals surface area (Å²) in [6.45, 7) is -0.567. The number of aliphatic hydroxyl groups is 1. The van der Waals surface area contributed by atoms with Crippen LogP contribution in [0.25, 0.3) is 0 Å². The van der Waals surface area contributed by atoms with Crippen molar-refractivity contribution in [3.63, 3.8) is 0 Å². The number of likely N-dealkylation sites (N-methyl/N-ethyl adjacent to an activating group) is 1. The van der Waals surface area contributed by atoms with Gasteiger partial charge in [0, 0.05) is 24.4 Å². The third-order valence-corrected chi connectivity index (χ3v) is 3.28. The SMILES string of the molecule is CNC(=O)Cn1cc(OCc2ccccc2F)c(=O)cc1CO. The van der Waals surface area contributed by atoms with E-state index in [1.807, 2.05) is 0 Å². The van der Waals surface area contributed by atoms with Crippen LogP contribution < -0.4 is 15.5 Å². The fourth-order valence-electron chi connectivity index (χ4n) is 1.99. The normalized spacial score (nSPS) is 10.4. The first-order valence-electron chi connectivity index (χ1n) is 6.96. The molecule has 0 aliphatic heterocycles. The van der Waals surface area contributed by atoms with Crippen molar-refractivity contribution in [1.29, 1.82) is 0 Å². The van der Waals surface area contributed by atoms with Crippen LogP contribution in [0.1, 0.15) is 11.3 Å². The van der Waals surface area contributed by atoms with Crippen molar-refractivity contribution in [1.82, 2.24) is 9.88 Å². The van der Waals surface area contributed by atoms with E-state index in [1.54, 1.807) is 18.2 Å². The first-order valence-corrected chi connectivity index (χ1v) is 6.96. The molecular formula is C16H17FN2O4. The fourth-order valence-corrected chi connectivity index (χ4v) is 1.99. The van der Waals surface area contributed by atoms with Gasteiger partial charge >= 0.3 is 0 Å². The quantitative estimate of drug-likeness (QED) is 0.825. The lowest BCUT2D eigenvalue weighted by Crippen LogP contribution is -2.26. The number of aliphatic hydroxyl groups excluding tert-OH is 1. The second-order valence-corrected chi connectivity index (χ2v) is 4.83. The smallest absolute Gasteiger partial charge is 0.239 e. The number of nitrogens with one attached hydrogen (secondary N) is 1. The second kappa shape index (κ2) is 7.55. The minimum absolute atomic E-state index is 0.0191. The zero-order valence-corrected chi connectivity index (χ0v) is 12.6. The number of rotatable bonds is 6. The molecule has 2 aromatic rings. The number of halogens is 1. The summed E-state index contributed by atoms with van der Waals surface area (Å²) < 4.78 is 20.3. The highest BCUT2D eigenvalue weighted by Gasteiger charge is 2.11. The van der Waals surface area contributed by atoms with Crippen LogP contribution in [0, 0.1) is 5.82 Å². The monoisotopic (exact) mass is 320 g/mol. The Balaban J connectivity index is 2.24. The molecular weight excluding hydrogens is 303 g/mol. The molecule has 0 spiro atoms. The highest BCUT2D eigenvalue weighted by molar-refractivity contribution is 5.75. The zero-order valence-electron chi connectivity index (χ0n) is 12.6. The van der Waals surface area contributed by atoms with E-state index in [9.17, 15) is 19.1 Å². The molecule has 7 heteroatoms. The zero-order chi connectivity index (χ0) is 16.8. The molecule has 0 saturated heterocycles. The molecule has 0 aliphatic carbocycles. The molecule has 23 heavy (non-hydrogen) atoms. The number of ether oxygens (including phenoxy) is 1. The molecule has 0 unspecified atom stereocenters. The van der Waals surface area contributed by atoms with Crippen molar-refractivity contribution in [3.8, 4) is 5.75 Å². The number of hydrogen-bond acceptors (Lipinski definition) is 4. The van der Waals surface area contributed by atoms with Crippen molar-refractivity contribution in [3.05, 3.63) is 63.8 Å². The minimum atomic E-state index is -0.446. The number of benzene rings is 1. The molecule has 122 valence electrons. The van der Waals surface area contributed by atoms with Crippen LogP contribution in [0.3, 0.4) is 0 Å². The molecule has 6 nitrogen and oxygen atoms in total. The summed E-state index contributed by atoms with van der Waals surface area (Å²) in [6, 6.07) is 7.28. The molecule has 1 aromatic heterocycles. The van der Waals surface area contributed by atoms with Gasteiger partial charge in [0.2, 0.25) is 11.3 Å². The Morgan fingerprint density at radius 2 is 2.13 bits per heavy atom. The topological polar surface area (TPSA) is 80.6 Å². The summed E-state index contributed by atoms with van der Waals surface area (Å²) in [5, 5.41) is 11.7. The molecule has 1 aromatic carbocycles. The van der Waals surface area contributed by atoms with Crippen LogP contribution in [0.2, 0.25) is 0 Å². The Kier molecular flexibility index (Phi) is 5.48. The van der Waals surface area contributed by atoms with Gasteiger partial charge in [0.1, 0.15) is 19.0 Å². The number of hydrogen-bond donors (Lipinski definition) is 2. The van der Waals surface area contributed by atoms with E-state index in [2.05, 4.69) is 5.32 Å². The lowest BCUT2D eigenvalue weighted by Gasteiger charge is -2.14. The van der Waals surface area contributed by atoms with Crippen LogP contribution in [0.15, 0.2) is 41.3 Å². The first-order chi connectivity index (χ1) is 11.0. The van der Waals surface area contributed by atoms with Gasteiger partial charge in [-0.15, -0.1) is 0 Å². The van der Waals surface area contributed by atoms with E-state index in [0.29, 0.717) is 5.56 Å². The van der Waals surface area contributed by atoms with E-state index in [-0.39, 0.29) is 37.1 Å². The van der Waals surface area contributed by atoms with Crippen LogP contribution in [-0.4, -0.2) is 22.6 Å². The van der Waals surface area contributed by atoms with Gasteiger partial charge in [0.25, 0.3) is 0 Å². The van der Waals surface area contributed by atoms with Crippen molar-refractivity contribution in [2.45, 2.75) is 19.8 Å². The highest BCUT2D eigenvalue weighted by Crippen LogP contribution is 2.12. The summed E-state index contributed by atoms with van der Waals surface area (Å²) in [5.41, 5.74) is 0.159. The number of nitrogens with zero attached hydrogens (tertiary/aromatic N) is 1. The molecule has 1 heterocycles. The summed E-state index contributed by atoms with van der Waals surface area (Å²) >= 11 is 0. The highest BCUT2D eigenvalue weighted by atomic mass is 19.1. The van der Waals surface area contributed by atoms with Gasteiger partial charge in [-0.05, 0) is 6.07 Å². The van der Waals surface area contributed by atoms with Gasteiger partial charge in [0.05, 0.1) is 12.8 Å². The lowest BCUT2D eigenvalue weighted by atomic mass is 10.2. The number of aromatic nitrogens is 1. The minimum Gasteiger partial charge on any atom is -0.483 e. The van der Waals surface area contributed by atoms with Gasteiger partial charge < -0.3 is 19.7 Å². The number of carbonyl (C=O) groups is 1. The number of pyridine rings is 1. The summed E-state index contributed by atoms with van der Waals surface area (Å²) in [6.07, 6.45) is 1.34. The van der Waals surface area contributed by atoms with E-state index in [1.165, 1.54) is 29.9 Å². The Bertz CT molecular complexity index is 758. The Morgan fingerprint density at radius 3 is 2.78 bits per heavy atom. The Morgan fingerprint density at radius 1 is 1.39 bits per heavy atom. The van der Waals surface area contributed by atoms with Gasteiger partial charge in [-0.25, -0.2) is 4.39 Å². The summed E-state index contributed by atoms with van der Waals surface area (Å²) in [4.78, 5) is 23.5. The lowest BCUT2D eigenvalue weighted by molar-refractivity contribution is -0.121. The molecule has 1 amide bonds. The summed E-state index contributed by atoms with van der Waals surface area (Å²) in [5.74, 6) is -0.733. The van der Waals surface area contributed by atoms with Crippen molar-refractivity contribution >= 4 is 5.91 Å². The molecule has 2 rings (SSSR count). The van der Waals surface area contributed by atoms with Crippen LogP contribution in [-0.2, 0) is 24.6 Å². The largest absolute Gasteiger partial charge is 0.483 e. The molecule has 2 N–H and O–H groups in total. The number of amides is 1. The van der Waals surface area contributed by atoms with Crippen LogP contribution in [0.4, 0.5) is 4.39 Å². The third kappa shape index (κ3) is 4.17. The molecule has 0 fully saturated rings. The Hall–Kier alpha value is -2.67. The number of carbonyl (C=O) groups excluding carboxylic acids is 1. The van der Waals surface area contributed by atoms with Crippen molar-refractivity contribution in [2.75, 3.05) is 7.05 Å². The maximum absolute atomic E-state index is 13.6. The van der Waals surface area contributed by atoms with E-state index < -0.39 is 11.2 Å². The molecule has 0 bridgehead atoms. The standard InChI is InChI=1S/C16H17FN2O4/c1-18-16(22)8-19-7-15(14(21)6-12(19)9-20)23-10-11-4-2-3-5-13(11)17/h2-7,20H,8-10H2,1H3,(H,18,22). The third-order valence-electron chi connectivity index (χ3n) is 3.28.